The van der Waals surface area contributed by atoms with Gasteiger partial charge in [0.2, 0.25) is 0 Å². The van der Waals surface area contributed by atoms with Crippen molar-refractivity contribution in [1.82, 2.24) is 4.90 Å². The number of benzene rings is 3. The Morgan fingerprint density at radius 1 is 0.938 bits per heavy atom. The summed E-state index contributed by atoms with van der Waals surface area (Å²) in [7, 11) is 0. The lowest BCUT2D eigenvalue weighted by Crippen LogP contribution is -2.43. The summed E-state index contributed by atoms with van der Waals surface area (Å²) < 4.78 is 10.8. The number of amides is 2. The fraction of sp³-hybridized carbons (Fsp3) is 0.120. The van der Waals surface area contributed by atoms with E-state index in [-0.39, 0.29) is 17.7 Å². The average molecular weight is 427 g/mol. The number of hydrogen-bond acceptors (Lipinski definition) is 6. The molecule has 4 aromatic rings. The molecule has 7 heteroatoms. The highest BCUT2D eigenvalue weighted by molar-refractivity contribution is 6.22. The van der Waals surface area contributed by atoms with Crippen molar-refractivity contribution in [3.63, 3.8) is 0 Å². The summed E-state index contributed by atoms with van der Waals surface area (Å²) in [6.07, 6.45) is 0. The van der Waals surface area contributed by atoms with Crippen molar-refractivity contribution in [3.8, 4) is 0 Å². The van der Waals surface area contributed by atoms with Crippen molar-refractivity contribution in [1.29, 1.82) is 0 Å². The van der Waals surface area contributed by atoms with E-state index >= 15 is 0 Å². The molecule has 0 N–H and O–H groups in total. The Labute approximate surface area is 181 Å². The van der Waals surface area contributed by atoms with Crippen molar-refractivity contribution < 1.29 is 23.5 Å². The lowest BCUT2D eigenvalue weighted by molar-refractivity contribution is -0.149. The van der Waals surface area contributed by atoms with Crippen LogP contribution in [0.1, 0.15) is 33.2 Å². The normalized spacial score (nSPS) is 14.1. The Morgan fingerprint density at radius 2 is 1.59 bits per heavy atom. The molecule has 0 saturated carbocycles. The summed E-state index contributed by atoms with van der Waals surface area (Å²) >= 11 is 0. The maximum Gasteiger partial charge on any atom is 0.336 e. The summed E-state index contributed by atoms with van der Waals surface area (Å²) in [6, 6.07) is 17.7. The zero-order valence-electron chi connectivity index (χ0n) is 17.0. The van der Waals surface area contributed by atoms with Crippen LogP contribution in [0.4, 0.5) is 0 Å². The van der Waals surface area contributed by atoms with Gasteiger partial charge < -0.3 is 9.15 Å². The van der Waals surface area contributed by atoms with Crippen LogP contribution in [0, 0.1) is 0 Å². The summed E-state index contributed by atoms with van der Waals surface area (Å²) in [5, 5.41) is 2.47. The second kappa shape index (κ2) is 7.46. The molecule has 5 rings (SSSR count). The van der Waals surface area contributed by atoms with Crippen LogP contribution in [0.3, 0.4) is 0 Å². The van der Waals surface area contributed by atoms with Crippen LogP contribution >= 0.6 is 0 Å². The van der Waals surface area contributed by atoms with Crippen molar-refractivity contribution in [2.45, 2.75) is 19.6 Å². The van der Waals surface area contributed by atoms with Gasteiger partial charge in [-0.15, -0.1) is 0 Å². The standard InChI is InChI=1S/C25H17NO6/c1-14(26-23(28)18-8-4-5-9-19(18)24(26)29)25(30)31-13-16-12-21(27)32-20-11-10-15-6-2-3-7-17(15)22(16)20/h2-12,14H,13H2,1H3/t14-/m1/s1. The molecule has 0 fully saturated rings. The quantitative estimate of drug-likeness (QED) is 0.213. The molecule has 32 heavy (non-hydrogen) atoms. The molecule has 1 aliphatic rings. The Bertz CT molecular complexity index is 1450. The van der Waals surface area contributed by atoms with Crippen LogP contribution in [-0.2, 0) is 16.1 Å². The van der Waals surface area contributed by atoms with Crippen molar-refractivity contribution >= 4 is 39.5 Å². The van der Waals surface area contributed by atoms with Crippen LogP contribution < -0.4 is 5.63 Å². The maximum atomic E-state index is 12.8. The molecule has 1 atom stereocenters. The number of esters is 1. The number of fused-ring (bicyclic) bond motifs is 4. The van der Waals surface area contributed by atoms with Crippen molar-refractivity contribution in [2.75, 3.05) is 0 Å². The molecule has 3 aromatic carbocycles. The Morgan fingerprint density at radius 3 is 2.31 bits per heavy atom. The first-order valence-corrected chi connectivity index (χ1v) is 10.0. The molecular weight excluding hydrogens is 410 g/mol. The third kappa shape index (κ3) is 3.06. The highest BCUT2D eigenvalue weighted by Gasteiger charge is 2.41. The average Bonchev–Trinajstić information content (AvgIpc) is 3.06. The number of hydrogen-bond donors (Lipinski definition) is 0. The molecule has 0 aliphatic carbocycles. The van der Waals surface area contributed by atoms with E-state index in [4.69, 9.17) is 9.15 Å². The molecule has 2 amide bonds. The fourth-order valence-corrected chi connectivity index (χ4v) is 4.07. The number of carbonyl (C=O) groups excluding carboxylic acids is 3. The van der Waals surface area contributed by atoms with E-state index in [0.29, 0.717) is 16.5 Å². The summed E-state index contributed by atoms with van der Waals surface area (Å²) in [4.78, 5) is 51.0. The molecule has 7 nitrogen and oxygen atoms in total. The highest BCUT2D eigenvalue weighted by atomic mass is 16.5. The van der Waals surface area contributed by atoms with Crippen LogP contribution in [0.2, 0.25) is 0 Å². The lowest BCUT2D eigenvalue weighted by atomic mass is 10.0. The zero-order valence-corrected chi connectivity index (χ0v) is 17.0. The Kier molecular flexibility index (Phi) is 4.59. The van der Waals surface area contributed by atoms with Gasteiger partial charge in [0, 0.05) is 17.0 Å². The van der Waals surface area contributed by atoms with Gasteiger partial charge in [-0.3, -0.25) is 14.5 Å². The Balaban J connectivity index is 1.43. The van der Waals surface area contributed by atoms with E-state index in [1.807, 2.05) is 30.3 Å². The fourth-order valence-electron chi connectivity index (χ4n) is 4.07. The van der Waals surface area contributed by atoms with Gasteiger partial charge in [-0.1, -0.05) is 42.5 Å². The third-order valence-corrected chi connectivity index (χ3v) is 5.64. The summed E-state index contributed by atoms with van der Waals surface area (Å²) in [5.41, 5.74) is 0.824. The number of imide groups is 1. The molecule has 0 spiro atoms. The molecule has 158 valence electrons. The monoisotopic (exact) mass is 427 g/mol. The summed E-state index contributed by atoms with van der Waals surface area (Å²) in [6.45, 7) is 1.24. The first-order valence-electron chi connectivity index (χ1n) is 10.0. The third-order valence-electron chi connectivity index (χ3n) is 5.64. The molecule has 0 bridgehead atoms. The molecule has 0 saturated heterocycles. The largest absolute Gasteiger partial charge is 0.459 e. The van der Waals surface area contributed by atoms with Gasteiger partial charge in [0.1, 0.15) is 18.2 Å². The molecule has 0 radical (unpaired) electrons. The summed E-state index contributed by atoms with van der Waals surface area (Å²) in [5.74, 6) is -1.82. The van der Waals surface area contributed by atoms with Gasteiger partial charge in [-0.2, -0.15) is 0 Å². The molecular formula is C25H17NO6. The first-order chi connectivity index (χ1) is 15.5. The number of nitrogens with zero attached hydrogens (tertiary/aromatic N) is 1. The molecule has 0 unspecified atom stereocenters. The van der Waals surface area contributed by atoms with Crippen molar-refractivity contribution in [3.05, 3.63) is 93.8 Å². The van der Waals surface area contributed by atoms with Gasteiger partial charge in [0.25, 0.3) is 11.8 Å². The van der Waals surface area contributed by atoms with E-state index < -0.39 is 29.5 Å². The molecule has 1 aliphatic heterocycles. The van der Waals surface area contributed by atoms with E-state index in [1.54, 1.807) is 30.3 Å². The van der Waals surface area contributed by atoms with Crippen LogP contribution in [0.5, 0.6) is 0 Å². The van der Waals surface area contributed by atoms with Gasteiger partial charge in [-0.05, 0) is 35.9 Å². The van der Waals surface area contributed by atoms with E-state index in [2.05, 4.69) is 0 Å². The second-order valence-corrected chi connectivity index (χ2v) is 7.56. The highest BCUT2D eigenvalue weighted by Crippen LogP contribution is 2.28. The van der Waals surface area contributed by atoms with E-state index in [9.17, 15) is 19.2 Å². The van der Waals surface area contributed by atoms with Crippen LogP contribution in [-0.4, -0.2) is 28.7 Å². The predicted molar refractivity (Wildman–Crippen MR) is 116 cm³/mol. The topological polar surface area (TPSA) is 93.9 Å². The minimum absolute atomic E-state index is 0.206. The SMILES string of the molecule is C[C@H](C(=O)OCc1cc(=O)oc2ccc3ccccc3c12)N1C(=O)c2ccccc2C1=O. The van der Waals surface area contributed by atoms with E-state index in [1.165, 1.54) is 13.0 Å². The van der Waals surface area contributed by atoms with E-state index in [0.717, 1.165) is 15.7 Å². The number of ether oxygens (including phenoxy) is 1. The second-order valence-electron chi connectivity index (χ2n) is 7.56. The zero-order chi connectivity index (χ0) is 22.4. The first kappa shape index (κ1) is 19.7. The van der Waals surface area contributed by atoms with Gasteiger partial charge in [0.05, 0.1) is 11.1 Å². The Hall–Kier alpha value is -4.26. The lowest BCUT2D eigenvalue weighted by Gasteiger charge is -2.21. The molecule has 1 aromatic heterocycles. The smallest absolute Gasteiger partial charge is 0.336 e. The van der Waals surface area contributed by atoms with Gasteiger partial charge >= 0.3 is 11.6 Å². The van der Waals surface area contributed by atoms with Crippen LogP contribution in [0.25, 0.3) is 21.7 Å². The molecule has 2 heterocycles. The number of carbonyl (C=O) groups is 3. The predicted octanol–water partition coefficient (Wildman–Crippen LogP) is 3.67. The van der Waals surface area contributed by atoms with Crippen molar-refractivity contribution in [2.24, 2.45) is 0 Å². The minimum atomic E-state index is -1.12. The minimum Gasteiger partial charge on any atom is -0.459 e. The number of rotatable bonds is 4. The maximum absolute atomic E-state index is 12.8. The van der Waals surface area contributed by atoms with Gasteiger partial charge in [-0.25, -0.2) is 9.59 Å². The van der Waals surface area contributed by atoms with Gasteiger partial charge in [0.15, 0.2) is 0 Å². The van der Waals surface area contributed by atoms with Crippen LogP contribution in [0.15, 0.2) is 75.9 Å².